The molecule has 1 aromatic heterocycles. The summed E-state index contributed by atoms with van der Waals surface area (Å²) in [6.45, 7) is 3.66. The van der Waals surface area contributed by atoms with E-state index in [9.17, 15) is 9.59 Å². The van der Waals surface area contributed by atoms with Gasteiger partial charge in [-0.1, -0.05) is 46.6 Å². The highest BCUT2D eigenvalue weighted by molar-refractivity contribution is 7.99. The van der Waals surface area contributed by atoms with Crippen LogP contribution in [0.2, 0.25) is 15.1 Å². The van der Waals surface area contributed by atoms with Gasteiger partial charge in [-0.25, -0.2) is 0 Å². The molecule has 3 aromatic rings. The van der Waals surface area contributed by atoms with E-state index >= 15 is 0 Å². The number of aromatic nitrogens is 3. The number of benzene rings is 2. The van der Waals surface area contributed by atoms with Crippen molar-refractivity contribution in [2.45, 2.75) is 25.0 Å². The Morgan fingerprint density at radius 1 is 1.09 bits per heavy atom. The molecule has 0 aliphatic carbocycles. The molecule has 0 aliphatic heterocycles. The van der Waals surface area contributed by atoms with Crippen LogP contribution in [0.25, 0.3) is 0 Å². The molecule has 1 atom stereocenters. The lowest BCUT2D eigenvalue weighted by atomic mass is 10.2. The van der Waals surface area contributed by atoms with Crippen LogP contribution in [0.15, 0.2) is 41.6 Å². The van der Waals surface area contributed by atoms with Crippen LogP contribution in [0.1, 0.15) is 34.7 Å². The van der Waals surface area contributed by atoms with Crippen molar-refractivity contribution in [2.24, 2.45) is 7.05 Å². The van der Waals surface area contributed by atoms with Crippen molar-refractivity contribution in [2.75, 3.05) is 11.1 Å². The van der Waals surface area contributed by atoms with E-state index in [1.54, 1.807) is 48.9 Å². The first-order valence-corrected chi connectivity index (χ1v) is 11.6. The number of amides is 2. The first-order valence-electron chi connectivity index (χ1n) is 9.49. The molecule has 0 radical (unpaired) electrons. The third kappa shape index (κ3) is 5.95. The number of anilines is 1. The van der Waals surface area contributed by atoms with E-state index in [4.69, 9.17) is 34.8 Å². The third-order valence-corrected chi connectivity index (χ3v) is 6.38. The second-order valence-corrected chi connectivity index (χ2v) is 9.24. The number of carbonyl (C=O) groups excluding carboxylic acids is 2. The maximum Gasteiger partial charge on any atom is 0.253 e. The van der Waals surface area contributed by atoms with E-state index in [1.807, 2.05) is 6.92 Å². The number of rotatable bonds is 7. The van der Waals surface area contributed by atoms with Gasteiger partial charge in [-0.15, -0.1) is 10.2 Å². The maximum absolute atomic E-state index is 12.6. The van der Waals surface area contributed by atoms with Gasteiger partial charge in [-0.3, -0.25) is 9.59 Å². The third-order valence-electron chi connectivity index (χ3n) is 4.57. The van der Waals surface area contributed by atoms with Crippen molar-refractivity contribution in [1.29, 1.82) is 0 Å². The molecule has 0 saturated heterocycles. The molecular formula is C21H20Cl3N5O2S. The molecule has 2 aromatic carbocycles. The molecule has 0 fully saturated rings. The summed E-state index contributed by atoms with van der Waals surface area (Å²) in [6.07, 6.45) is 0. The number of thioether (sulfide) groups is 1. The van der Waals surface area contributed by atoms with Gasteiger partial charge in [0.25, 0.3) is 5.91 Å². The van der Waals surface area contributed by atoms with Crippen molar-refractivity contribution in [3.63, 3.8) is 0 Å². The van der Waals surface area contributed by atoms with Gasteiger partial charge in [0.1, 0.15) is 0 Å². The Morgan fingerprint density at radius 3 is 2.47 bits per heavy atom. The highest BCUT2D eigenvalue weighted by Gasteiger charge is 2.20. The summed E-state index contributed by atoms with van der Waals surface area (Å²) in [5.74, 6) is 0.160. The van der Waals surface area contributed by atoms with Crippen LogP contribution in [-0.4, -0.2) is 32.3 Å². The van der Waals surface area contributed by atoms with Gasteiger partial charge >= 0.3 is 0 Å². The van der Waals surface area contributed by atoms with Crippen LogP contribution < -0.4 is 10.6 Å². The Balaban J connectivity index is 1.60. The summed E-state index contributed by atoms with van der Waals surface area (Å²) in [7, 11) is 1.77. The van der Waals surface area contributed by atoms with Gasteiger partial charge in [0.2, 0.25) is 5.91 Å². The molecule has 2 N–H and O–H groups in total. The fraction of sp³-hybridized carbons (Fsp3) is 0.238. The average molecular weight is 513 g/mol. The van der Waals surface area contributed by atoms with Crippen LogP contribution in [0.4, 0.5) is 5.69 Å². The summed E-state index contributed by atoms with van der Waals surface area (Å²) < 4.78 is 1.74. The van der Waals surface area contributed by atoms with Crippen LogP contribution in [0.3, 0.4) is 0 Å². The van der Waals surface area contributed by atoms with Crippen molar-refractivity contribution in [3.8, 4) is 0 Å². The molecule has 32 heavy (non-hydrogen) atoms. The summed E-state index contributed by atoms with van der Waals surface area (Å²) >= 11 is 19.2. The lowest BCUT2D eigenvalue weighted by Crippen LogP contribution is -2.28. The van der Waals surface area contributed by atoms with Gasteiger partial charge in [0.15, 0.2) is 11.0 Å². The van der Waals surface area contributed by atoms with Crippen molar-refractivity contribution in [1.82, 2.24) is 20.1 Å². The van der Waals surface area contributed by atoms with E-state index in [-0.39, 0.29) is 22.6 Å². The van der Waals surface area contributed by atoms with Gasteiger partial charge in [0.05, 0.1) is 22.4 Å². The summed E-state index contributed by atoms with van der Waals surface area (Å²) in [4.78, 5) is 24.9. The molecule has 3 rings (SSSR count). The number of nitrogens with zero attached hydrogens (tertiary/aromatic N) is 3. The highest BCUT2D eigenvalue weighted by atomic mass is 35.5. The molecule has 1 heterocycles. The van der Waals surface area contributed by atoms with Gasteiger partial charge < -0.3 is 15.2 Å². The predicted octanol–water partition coefficient (Wildman–Crippen LogP) is 5.31. The number of nitrogens with one attached hydrogen (secondary N) is 2. The summed E-state index contributed by atoms with van der Waals surface area (Å²) in [6, 6.07) is 9.50. The van der Waals surface area contributed by atoms with Crippen molar-refractivity contribution >= 4 is 64.1 Å². The quantitative estimate of drug-likeness (QED) is 0.419. The number of hydrogen-bond acceptors (Lipinski definition) is 5. The Morgan fingerprint density at radius 2 is 1.78 bits per heavy atom. The summed E-state index contributed by atoms with van der Waals surface area (Å²) in [5.41, 5.74) is 1.90. The molecule has 0 spiro atoms. The van der Waals surface area contributed by atoms with Crippen molar-refractivity contribution < 1.29 is 9.59 Å². The highest BCUT2D eigenvalue weighted by Crippen LogP contribution is 2.24. The van der Waals surface area contributed by atoms with E-state index in [0.29, 0.717) is 32.3 Å². The van der Waals surface area contributed by atoms with Crippen LogP contribution >= 0.6 is 46.6 Å². The summed E-state index contributed by atoms with van der Waals surface area (Å²) in [5, 5.41) is 15.9. The molecule has 0 bridgehead atoms. The van der Waals surface area contributed by atoms with E-state index in [1.165, 1.54) is 17.8 Å². The topological polar surface area (TPSA) is 88.9 Å². The first kappa shape index (κ1) is 24.4. The Bertz CT molecular complexity index is 1170. The molecular weight excluding hydrogens is 493 g/mol. The van der Waals surface area contributed by atoms with E-state index < -0.39 is 6.04 Å². The minimum Gasteiger partial charge on any atom is -0.342 e. The zero-order valence-corrected chi connectivity index (χ0v) is 20.5. The van der Waals surface area contributed by atoms with Gasteiger partial charge in [-0.05, 0) is 55.8 Å². The normalized spacial score (nSPS) is 11.8. The molecule has 168 valence electrons. The van der Waals surface area contributed by atoms with Crippen molar-refractivity contribution in [3.05, 3.63) is 68.4 Å². The minimum atomic E-state index is -0.438. The molecule has 1 unspecified atom stereocenters. The van der Waals surface area contributed by atoms with Crippen LogP contribution in [-0.2, 0) is 11.8 Å². The fourth-order valence-corrected chi connectivity index (χ4v) is 4.36. The molecule has 7 nitrogen and oxygen atoms in total. The minimum absolute atomic E-state index is 0.148. The predicted molar refractivity (Wildman–Crippen MR) is 129 cm³/mol. The first-order chi connectivity index (χ1) is 15.2. The Kier molecular flexibility index (Phi) is 8.05. The number of carbonyl (C=O) groups is 2. The SMILES string of the molecule is Cc1cc(Cl)ccc1NC(=O)CSc1nnc(C(C)NC(=O)c2ccc(Cl)cc2Cl)n1C. The second kappa shape index (κ2) is 10.6. The zero-order valence-electron chi connectivity index (χ0n) is 17.4. The Hall–Kier alpha value is -2.26. The van der Waals surface area contributed by atoms with Crippen LogP contribution in [0.5, 0.6) is 0 Å². The largest absolute Gasteiger partial charge is 0.342 e. The Labute approximate surface area is 204 Å². The fourth-order valence-electron chi connectivity index (χ4n) is 2.93. The zero-order chi connectivity index (χ0) is 23.4. The maximum atomic E-state index is 12.6. The van der Waals surface area contributed by atoms with E-state index in [0.717, 1.165) is 5.56 Å². The van der Waals surface area contributed by atoms with Gasteiger partial charge in [-0.2, -0.15) is 0 Å². The van der Waals surface area contributed by atoms with E-state index in [2.05, 4.69) is 20.8 Å². The standard InChI is InChI=1S/C21H20Cl3N5O2S/c1-11-8-13(22)5-7-17(11)26-18(30)10-32-21-28-27-19(29(21)3)12(2)25-20(31)15-6-4-14(23)9-16(15)24/h4-9,12H,10H2,1-3H3,(H,25,31)(H,26,30). The molecule has 0 aliphatic rings. The molecule has 0 saturated carbocycles. The number of aryl methyl sites for hydroxylation is 1. The molecule has 11 heteroatoms. The monoisotopic (exact) mass is 511 g/mol. The lowest BCUT2D eigenvalue weighted by Gasteiger charge is -2.14. The lowest BCUT2D eigenvalue weighted by molar-refractivity contribution is -0.113. The second-order valence-electron chi connectivity index (χ2n) is 7.02. The smallest absolute Gasteiger partial charge is 0.253 e. The number of halogens is 3. The molecule has 2 amide bonds. The number of hydrogen-bond donors (Lipinski definition) is 2. The average Bonchev–Trinajstić information content (AvgIpc) is 3.09. The van der Waals surface area contributed by atoms with Gasteiger partial charge in [0, 0.05) is 22.8 Å². The van der Waals surface area contributed by atoms with Crippen LogP contribution in [0, 0.1) is 6.92 Å².